The normalized spacial score (nSPS) is 15.9. The Morgan fingerprint density at radius 2 is 1.85 bits per heavy atom. The molecule has 3 N–H and O–H groups in total. The van der Waals surface area contributed by atoms with Gasteiger partial charge in [0.1, 0.15) is 12.2 Å². The fraction of sp³-hybridized carbons (Fsp3) is 0.536. The summed E-state index contributed by atoms with van der Waals surface area (Å²) in [6, 6.07) is 7.95. The lowest BCUT2D eigenvalue weighted by Gasteiger charge is -2.21. The number of carbonyl (C=O) groups excluding carboxylic acids is 2. The largest absolute Gasteiger partial charge is 0.565 e. The van der Waals surface area contributed by atoms with E-state index in [9.17, 15) is 9.59 Å². The van der Waals surface area contributed by atoms with Gasteiger partial charge in [-0.25, -0.2) is 0 Å². The minimum Gasteiger partial charge on any atom is -0.565 e. The molecule has 34 heavy (non-hydrogen) atoms. The molecule has 0 saturated carbocycles. The number of methoxy groups -OCH3 is 1. The predicted molar refractivity (Wildman–Crippen MR) is 135 cm³/mol. The highest BCUT2D eigenvalue weighted by molar-refractivity contribution is 5.87. The van der Waals surface area contributed by atoms with E-state index in [1.54, 1.807) is 0 Å². The molecule has 2 atom stereocenters. The van der Waals surface area contributed by atoms with Crippen molar-refractivity contribution in [3.8, 4) is 5.75 Å². The lowest BCUT2D eigenvalue weighted by Crippen LogP contribution is -2.17. The van der Waals surface area contributed by atoms with Crippen LogP contribution in [0, 0.1) is 17.2 Å². The molecule has 0 radical (unpaired) electrons. The average molecular weight is 471 g/mol. The van der Waals surface area contributed by atoms with Gasteiger partial charge in [-0.15, -0.1) is 0 Å². The summed E-state index contributed by atoms with van der Waals surface area (Å²) in [6.45, 7) is 2.70. The third-order valence-electron chi connectivity index (χ3n) is 6.43. The smallest absolute Gasteiger partial charge is 0.516 e. The highest BCUT2D eigenvalue weighted by Gasteiger charge is 2.18. The fourth-order valence-corrected chi connectivity index (χ4v) is 4.22. The van der Waals surface area contributed by atoms with Crippen LogP contribution in [0.5, 0.6) is 5.75 Å². The zero-order valence-corrected chi connectivity index (χ0v) is 20.6. The Balaban J connectivity index is 1.87. The Kier molecular flexibility index (Phi) is 12.1. The zero-order chi connectivity index (χ0) is 24.8. The number of allylic oxidation sites excluding steroid dienone is 4. The maximum absolute atomic E-state index is 11.6. The molecule has 2 unspecified atom stereocenters. The van der Waals surface area contributed by atoms with Gasteiger partial charge in [-0.05, 0) is 80.9 Å². The molecule has 6 nitrogen and oxygen atoms in total. The Morgan fingerprint density at radius 1 is 1.09 bits per heavy atom. The average Bonchev–Trinajstić information content (AvgIpc) is 2.83. The molecule has 1 aromatic rings. The molecule has 0 heterocycles. The highest BCUT2D eigenvalue weighted by atomic mass is 16.5. The second-order valence-corrected chi connectivity index (χ2v) is 9.05. The number of ether oxygens (including phenoxy) is 2. The molecular weight excluding hydrogens is 430 g/mol. The topological polar surface area (TPSA) is 99.4 Å². The van der Waals surface area contributed by atoms with Gasteiger partial charge < -0.3 is 20.0 Å². The van der Waals surface area contributed by atoms with E-state index in [0.717, 1.165) is 44.3 Å². The molecule has 0 spiro atoms. The molecule has 186 valence electrons. The fourth-order valence-electron chi connectivity index (χ4n) is 4.22. The molecule has 0 saturated heterocycles. The van der Waals surface area contributed by atoms with Gasteiger partial charge in [-0.1, -0.05) is 42.9 Å². The van der Waals surface area contributed by atoms with Crippen LogP contribution in [0.1, 0.15) is 70.3 Å². The van der Waals surface area contributed by atoms with Crippen LogP contribution in [0.2, 0.25) is 0 Å². The van der Waals surface area contributed by atoms with E-state index in [1.165, 1.54) is 18.2 Å². The Labute approximate surface area is 203 Å². The molecule has 0 aliphatic heterocycles. The lowest BCUT2D eigenvalue weighted by atomic mass is 9.85. The monoisotopic (exact) mass is 470 g/mol. The first-order valence-corrected chi connectivity index (χ1v) is 12.3. The van der Waals surface area contributed by atoms with E-state index in [0.29, 0.717) is 31.1 Å². The van der Waals surface area contributed by atoms with Crippen LogP contribution in [-0.4, -0.2) is 36.5 Å². The van der Waals surface area contributed by atoms with Crippen LogP contribution in [-0.2, 0) is 20.7 Å². The SMILES string of the molecule is COC(=O)CCC(=N)C(CCCC1=CC=CCC1C)CCc1ccc(OCCCC(=O)[OH2+])cc1. The standard InChI is InChI=1S/C28H39NO5/c1-21-7-3-4-8-23(21)9-5-10-24(26(29)18-19-28(32)33-2)15-12-22-13-16-25(17-14-22)34-20-6-11-27(30)31/h3-4,8,13-14,16-17,21,24,29H,5-7,9-12,15,18-20H2,1-2H3,(H,30,31)/p+1. The summed E-state index contributed by atoms with van der Waals surface area (Å²) in [4.78, 5) is 22.3. The first kappa shape index (κ1) is 27.4. The molecule has 0 aromatic heterocycles. The van der Waals surface area contributed by atoms with Crippen molar-refractivity contribution in [2.75, 3.05) is 13.7 Å². The van der Waals surface area contributed by atoms with Gasteiger partial charge in [0.05, 0.1) is 20.1 Å². The quantitative estimate of drug-likeness (QED) is 0.153. The second-order valence-electron chi connectivity index (χ2n) is 9.05. The Hall–Kier alpha value is -2.89. The molecule has 1 aliphatic carbocycles. The third-order valence-corrected chi connectivity index (χ3v) is 6.43. The summed E-state index contributed by atoms with van der Waals surface area (Å²) in [6.07, 6.45) is 14.0. The molecule has 2 rings (SSSR count). The van der Waals surface area contributed by atoms with E-state index >= 15 is 0 Å². The van der Waals surface area contributed by atoms with E-state index < -0.39 is 5.97 Å². The summed E-state index contributed by atoms with van der Waals surface area (Å²) in [7, 11) is 1.39. The van der Waals surface area contributed by atoms with Gasteiger partial charge >= 0.3 is 11.9 Å². The molecule has 1 aromatic carbocycles. The van der Waals surface area contributed by atoms with Crippen LogP contribution in [0.4, 0.5) is 0 Å². The minimum atomic E-state index is -0.563. The highest BCUT2D eigenvalue weighted by Crippen LogP contribution is 2.27. The number of hydrogen-bond donors (Lipinski definition) is 1. The van der Waals surface area contributed by atoms with E-state index in [-0.39, 0.29) is 24.7 Å². The third kappa shape index (κ3) is 10.4. The Morgan fingerprint density at radius 3 is 2.53 bits per heavy atom. The number of esters is 1. The van der Waals surface area contributed by atoms with Crippen molar-refractivity contribution in [1.82, 2.24) is 0 Å². The summed E-state index contributed by atoms with van der Waals surface area (Å²) in [5, 5.41) is 15.5. The second kappa shape index (κ2) is 15.1. The number of hydrogen-bond acceptors (Lipinski definition) is 5. The van der Waals surface area contributed by atoms with Crippen molar-refractivity contribution < 1.29 is 24.2 Å². The summed E-state index contributed by atoms with van der Waals surface area (Å²) >= 11 is 0. The lowest BCUT2D eigenvalue weighted by molar-refractivity contribution is -0.140. The van der Waals surface area contributed by atoms with Crippen LogP contribution >= 0.6 is 0 Å². The first-order chi connectivity index (χ1) is 16.4. The Bertz CT molecular complexity index is 856. The van der Waals surface area contributed by atoms with Crippen molar-refractivity contribution in [1.29, 1.82) is 5.41 Å². The maximum Gasteiger partial charge on any atom is 0.516 e. The van der Waals surface area contributed by atoms with Crippen LogP contribution < -0.4 is 4.74 Å². The number of benzene rings is 1. The molecule has 0 fully saturated rings. The van der Waals surface area contributed by atoms with E-state index in [2.05, 4.69) is 25.2 Å². The summed E-state index contributed by atoms with van der Waals surface area (Å²) < 4.78 is 10.4. The summed E-state index contributed by atoms with van der Waals surface area (Å²) in [5.41, 5.74) is 3.32. The van der Waals surface area contributed by atoms with Crippen LogP contribution in [0.3, 0.4) is 0 Å². The first-order valence-electron chi connectivity index (χ1n) is 12.3. The molecule has 6 heteroatoms. The zero-order valence-electron chi connectivity index (χ0n) is 20.6. The van der Waals surface area contributed by atoms with E-state index in [1.807, 2.05) is 24.3 Å². The van der Waals surface area contributed by atoms with Gasteiger partial charge in [-0.2, -0.15) is 0 Å². The molecule has 0 bridgehead atoms. The maximum atomic E-state index is 11.6. The summed E-state index contributed by atoms with van der Waals surface area (Å²) in [5.74, 6) is 0.674. The molecule has 0 amide bonds. The van der Waals surface area contributed by atoms with Gasteiger partial charge in [0.25, 0.3) is 0 Å². The van der Waals surface area contributed by atoms with Gasteiger partial charge in [0, 0.05) is 10.5 Å². The van der Waals surface area contributed by atoms with Crippen molar-refractivity contribution in [3.63, 3.8) is 0 Å². The minimum absolute atomic E-state index is 0.151. The van der Waals surface area contributed by atoms with Crippen molar-refractivity contribution in [2.24, 2.45) is 11.8 Å². The van der Waals surface area contributed by atoms with Crippen molar-refractivity contribution >= 4 is 17.7 Å². The van der Waals surface area contributed by atoms with Gasteiger partial charge in [0.2, 0.25) is 0 Å². The van der Waals surface area contributed by atoms with E-state index in [4.69, 9.17) is 20.0 Å². The van der Waals surface area contributed by atoms with Gasteiger partial charge in [0.15, 0.2) is 0 Å². The number of rotatable bonds is 16. The predicted octanol–water partition coefficient (Wildman–Crippen LogP) is 5.31. The van der Waals surface area contributed by atoms with Crippen LogP contribution in [0.15, 0.2) is 48.1 Å². The van der Waals surface area contributed by atoms with Crippen molar-refractivity contribution in [3.05, 3.63) is 53.6 Å². The van der Waals surface area contributed by atoms with Gasteiger partial charge in [-0.3, -0.25) is 4.79 Å². The van der Waals surface area contributed by atoms with Crippen LogP contribution in [0.25, 0.3) is 0 Å². The molecule has 1 aliphatic rings. The number of nitrogens with one attached hydrogen (secondary N) is 1. The number of carbonyl (C=O) groups is 2. The number of aryl methyl sites for hydroxylation is 1. The molecular formula is C28H40NO5+. The van der Waals surface area contributed by atoms with Crippen molar-refractivity contribution in [2.45, 2.75) is 71.1 Å².